The van der Waals surface area contributed by atoms with Gasteiger partial charge in [-0.1, -0.05) is 0 Å². The summed E-state index contributed by atoms with van der Waals surface area (Å²) in [7, 11) is -3.44. The van der Waals surface area contributed by atoms with Crippen LogP contribution in [0.2, 0.25) is 0 Å². The molecule has 0 aromatic heterocycles. The molecular formula is C14H18N2O4S. The van der Waals surface area contributed by atoms with Crippen LogP contribution in [-0.4, -0.2) is 32.7 Å². The highest BCUT2D eigenvalue weighted by Crippen LogP contribution is 2.53. The van der Waals surface area contributed by atoms with Gasteiger partial charge in [-0.3, -0.25) is 10.1 Å². The Morgan fingerprint density at radius 3 is 2.57 bits per heavy atom. The van der Waals surface area contributed by atoms with Crippen LogP contribution in [0.4, 0.5) is 11.4 Å². The molecule has 1 saturated heterocycles. The van der Waals surface area contributed by atoms with E-state index in [0.29, 0.717) is 11.1 Å². The zero-order chi connectivity index (χ0) is 15.3. The van der Waals surface area contributed by atoms with Crippen molar-refractivity contribution >= 4 is 21.2 Å². The molecule has 1 aromatic rings. The average Bonchev–Trinajstić information content (AvgIpc) is 3.16. The van der Waals surface area contributed by atoms with E-state index in [-0.39, 0.29) is 10.6 Å². The van der Waals surface area contributed by atoms with Gasteiger partial charge in [-0.15, -0.1) is 0 Å². The molecule has 1 spiro atoms. The topological polar surface area (TPSA) is 80.5 Å². The number of anilines is 1. The highest BCUT2D eigenvalue weighted by molar-refractivity contribution is 7.90. The summed E-state index contributed by atoms with van der Waals surface area (Å²) in [5.41, 5.74) is 0.774. The fraction of sp³-hybridized carbons (Fsp3) is 0.571. The fourth-order valence-electron chi connectivity index (χ4n) is 3.15. The van der Waals surface area contributed by atoms with Crippen LogP contribution in [0, 0.1) is 15.5 Å². The first-order valence-electron chi connectivity index (χ1n) is 7.04. The van der Waals surface area contributed by atoms with Gasteiger partial charge in [-0.25, -0.2) is 8.42 Å². The SMILES string of the molecule is CS(=O)(=O)c1ccc(N2CCCC3(CC3)C2)c([N+](=O)[O-])c1. The molecule has 0 radical (unpaired) electrons. The maximum Gasteiger partial charge on any atom is 0.293 e. The number of hydrogen-bond acceptors (Lipinski definition) is 5. The van der Waals surface area contributed by atoms with Crippen LogP contribution in [0.25, 0.3) is 0 Å². The van der Waals surface area contributed by atoms with Crippen LogP contribution in [0.15, 0.2) is 23.1 Å². The molecule has 1 saturated carbocycles. The number of nitro groups is 1. The molecule has 114 valence electrons. The predicted molar refractivity (Wildman–Crippen MR) is 79.3 cm³/mol. The van der Waals surface area contributed by atoms with Crippen molar-refractivity contribution in [1.29, 1.82) is 0 Å². The summed E-state index contributed by atoms with van der Waals surface area (Å²) >= 11 is 0. The number of rotatable bonds is 3. The van der Waals surface area contributed by atoms with E-state index < -0.39 is 14.8 Å². The van der Waals surface area contributed by atoms with E-state index in [9.17, 15) is 18.5 Å². The monoisotopic (exact) mass is 310 g/mol. The number of benzene rings is 1. The van der Waals surface area contributed by atoms with Gasteiger partial charge in [0.25, 0.3) is 5.69 Å². The fourth-order valence-corrected chi connectivity index (χ4v) is 3.79. The van der Waals surface area contributed by atoms with Crippen molar-refractivity contribution in [2.24, 2.45) is 5.41 Å². The van der Waals surface area contributed by atoms with E-state index in [2.05, 4.69) is 0 Å². The summed E-state index contributed by atoms with van der Waals surface area (Å²) in [4.78, 5) is 12.9. The Kier molecular flexibility index (Phi) is 3.20. The largest absolute Gasteiger partial charge is 0.365 e. The maximum absolute atomic E-state index is 11.6. The highest BCUT2D eigenvalue weighted by atomic mass is 32.2. The molecule has 7 heteroatoms. The Balaban J connectivity index is 1.99. The second kappa shape index (κ2) is 4.69. The zero-order valence-electron chi connectivity index (χ0n) is 11.9. The number of hydrogen-bond donors (Lipinski definition) is 0. The minimum Gasteiger partial charge on any atom is -0.365 e. The Hall–Kier alpha value is -1.63. The standard InChI is InChI=1S/C14H18N2O4S/c1-21(19,20)11-3-4-12(13(9-11)16(17)18)15-8-2-5-14(10-15)6-7-14/h3-4,9H,2,5-8,10H2,1H3. The van der Waals surface area contributed by atoms with Crippen molar-refractivity contribution in [1.82, 2.24) is 0 Å². The van der Waals surface area contributed by atoms with Gasteiger partial charge < -0.3 is 4.90 Å². The van der Waals surface area contributed by atoms with E-state index in [1.165, 1.54) is 31.4 Å². The first-order chi connectivity index (χ1) is 9.81. The maximum atomic E-state index is 11.6. The summed E-state index contributed by atoms with van der Waals surface area (Å²) in [5, 5.41) is 11.3. The van der Waals surface area contributed by atoms with Gasteiger partial charge >= 0.3 is 0 Å². The van der Waals surface area contributed by atoms with E-state index in [1.807, 2.05) is 4.90 Å². The second-order valence-electron chi connectivity index (χ2n) is 6.20. The quantitative estimate of drug-likeness (QED) is 0.632. The van der Waals surface area contributed by atoms with Crippen molar-refractivity contribution in [3.63, 3.8) is 0 Å². The third-order valence-electron chi connectivity index (χ3n) is 4.53. The third-order valence-corrected chi connectivity index (χ3v) is 5.64. The van der Waals surface area contributed by atoms with Gasteiger partial charge in [0, 0.05) is 25.4 Å². The molecular weight excluding hydrogens is 292 g/mol. The molecule has 0 atom stereocenters. The van der Waals surface area contributed by atoms with Gasteiger partial charge in [0.1, 0.15) is 5.69 Å². The molecule has 21 heavy (non-hydrogen) atoms. The van der Waals surface area contributed by atoms with E-state index in [0.717, 1.165) is 25.8 Å². The lowest BCUT2D eigenvalue weighted by Crippen LogP contribution is -2.36. The van der Waals surface area contributed by atoms with Crippen molar-refractivity contribution < 1.29 is 13.3 Å². The first-order valence-corrected chi connectivity index (χ1v) is 8.93. The van der Waals surface area contributed by atoms with Crippen molar-refractivity contribution in [3.05, 3.63) is 28.3 Å². The van der Waals surface area contributed by atoms with E-state index in [1.54, 1.807) is 6.07 Å². The van der Waals surface area contributed by atoms with Gasteiger partial charge in [-0.05, 0) is 43.2 Å². The molecule has 0 bridgehead atoms. The van der Waals surface area contributed by atoms with Crippen LogP contribution >= 0.6 is 0 Å². The van der Waals surface area contributed by atoms with Crippen LogP contribution in [0.1, 0.15) is 25.7 Å². The molecule has 1 aliphatic carbocycles. The highest BCUT2D eigenvalue weighted by Gasteiger charge is 2.46. The summed E-state index contributed by atoms with van der Waals surface area (Å²) < 4.78 is 23.1. The molecule has 2 fully saturated rings. The Morgan fingerprint density at radius 1 is 1.29 bits per heavy atom. The molecule has 0 unspecified atom stereocenters. The molecule has 0 amide bonds. The molecule has 1 heterocycles. The molecule has 6 nitrogen and oxygen atoms in total. The Labute approximate surface area is 123 Å². The van der Waals surface area contributed by atoms with E-state index >= 15 is 0 Å². The minimum absolute atomic E-state index is 0.00362. The van der Waals surface area contributed by atoms with Crippen LogP contribution in [0.3, 0.4) is 0 Å². The third kappa shape index (κ3) is 2.74. The van der Waals surface area contributed by atoms with Crippen LogP contribution in [0.5, 0.6) is 0 Å². The summed E-state index contributed by atoms with van der Waals surface area (Å²) in [6.45, 7) is 1.63. The molecule has 0 N–H and O–H groups in total. The number of piperidine rings is 1. The minimum atomic E-state index is -3.44. The average molecular weight is 310 g/mol. The molecule has 3 rings (SSSR count). The second-order valence-corrected chi connectivity index (χ2v) is 8.22. The van der Waals surface area contributed by atoms with Crippen molar-refractivity contribution in [3.8, 4) is 0 Å². The normalized spacial score (nSPS) is 20.5. The van der Waals surface area contributed by atoms with Gasteiger partial charge in [0.05, 0.1) is 9.82 Å². The summed E-state index contributed by atoms with van der Waals surface area (Å²) in [6, 6.07) is 4.22. The zero-order valence-corrected chi connectivity index (χ0v) is 12.7. The number of nitro benzene ring substituents is 1. The lowest BCUT2D eigenvalue weighted by Gasteiger charge is -2.34. The van der Waals surface area contributed by atoms with Gasteiger partial charge in [0.2, 0.25) is 0 Å². The van der Waals surface area contributed by atoms with Crippen molar-refractivity contribution in [2.45, 2.75) is 30.6 Å². The number of nitrogens with zero attached hydrogens (tertiary/aromatic N) is 2. The van der Waals surface area contributed by atoms with Crippen LogP contribution < -0.4 is 4.90 Å². The van der Waals surface area contributed by atoms with Gasteiger partial charge in [0.15, 0.2) is 9.84 Å². The lowest BCUT2D eigenvalue weighted by molar-refractivity contribution is -0.384. The predicted octanol–water partition coefficient (Wildman–Crippen LogP) is 2.38. The van der Waals surface area contributed by atoms with Crippen molar-refractivity contribution in [2.75, 3.05) is 24.2 Å². The molecule has 2 aliphatic rings. The lowest BCUT2D eigenvalue weighted by atomic mass is 9.94. The first kappa shape index (κ1) is 14.3. The Bertz CT molecular complexity index is 695. The van der Waals surface area contributed by atoms with E-state index in [4.69, 9.17) is 0 Å². The molecule has 1 aromatic carbocycles. The molecule has 1 aliphatic heterocycles. The number of sulfone groups is 1. The van der Waals surface area contributed by atoms with Crippen LogP contribution in [-0.2, 0) is 9.84 Å². The summed E-state index contributed by atoms with van der Waals surface area (Å²) in [6.07, 6.45) is 5.67. The van der Waals surface area contributed by atoms with Gasteiger partial charge in [-0.2, -0.15) is 0 Å². The summed E-state index contributed by atoms with van der Waals surface area (Å²) in [5.74, 6) is 0. The smallest absolute Gasteiger partial charge is 0.293 e. The Morgan fingerprint density at radius 2 is 2.00 bits per heavy atom.